The van der Waals surface area contributed by atoms with Crippen molar-refractivity contribution < 1.29 is 4.74 Å². The standard InChI is InChI=1S/C12H10Br2N2O/c1-17-11-5-4-8(13)7-10(11)16-12-9(14)3-2-6-15-12/h2-7H,1H3,(H,15,16). The summed E-state index contributed by atoms with van der Waals surface area (Å²) in [5, 5.41) is 3.22. The molecule has 2 rings (SSSR count). The van der Waals surface area contributed by atoms with Gasteiger partial charge in [0.1, 0.15) is 11.6 Å². The molecule has 0 saturated carbocycles. The second kappa shape index (κ2) is 5.51. The largest absolute Gasteiger partial charge is 0.495 e. The van der Waals surface area contributed by atoms with Crippen LogP contribution in [0.5, 0.6) is 5.75 Å². The fourth-order valence-electron chi connectivity index (χ4n) is 1.38. The van der Waals surface area contributed by atoms with Crippen molar-refractivity contribution in [2.45, 2.75) is 0 Å². The van der Waals surface area contributed by atoms with Crippen LogP contribution in [0.25, 0.3) is 0 Å². The Morgan fingerprint density at radius 2 is 2.06 bits per heavy atom. The van der Waals surface area contributed by atoms with E-state index in [1.165, 1.54) is 0 Å². The van der Waals surface area contributed by atoms with Crippen molar-refractivity contribution in [2.24, 2.45) is 0 Å². The van der Waals surface area contributed by atoms with E-state index in [-0.39, 0.29) is 0 Å². The van der Waals surface area contributed by atoms with Gasteiger partial charge >= 0.3 is 0 Å². The second-order valence-electron chi connectivity index (χ2n) is 3.30. The maximum absolute atomic E-state index is 5.29. The number of hydrogen-bond donors (Lipinski definition) is 1. The first kappa shape index (κ1) is 12.4. The van der Waals surface area contributed by atoms with E-state index in [0.717, 1.165) is 26.2 Å². The number of aromatic nitrogens is 1. The van der Waals surface area contributed by atoms with E-state index in [4.69, 9.17) is 4.74 Å². The van der Waals surface area contributed by atoms with Gasteiger partial charge in [-0.25, -0.2) is 4.98 Å². The molecule has 3 nitrogen and oxygen atoms in total. The quantitative estimate of drug-likeness (QED) is 0.886. The highest BCUT2D eigenvalue weighted by Crippen LogP contribution is 2.32. The van der Waals surface area contributed by atoms with Gasteiger partial charge in [-0.2, -0.15) is 0 Å². The summed E-state index contributed by atoms with van der Waals surface area (Å²) in [6.45, 7) is 0. The molecule has 0 bridgehead atoms. The van der Waals surface area contributed by atoms with E-state index in [9.17, 15) is 0 Å². The van der Waals surface area contributed by atoms with Crippen molar-refractivity contribution in [3.05, 3.63) is 45.5 Å². The maximum Gasteiger partial charge on any atom is 0.144 e. The molecule has 0 fully saturated rings. The number of benzene rings is 1. The molecule has 1 heterocycles. The van der Waals surface area contributed by atoms with E-state index >= 15 is 0 Å². The highest BCUT2D eigenvalue weighted by atomic mass is 79.9. The van der Waals surface area contributed by atoms with Crippen molar-refractivity contribution in [2.75, 3.05) is 12.4 Å². The summed E-state index contributed by atoms with van der Waals surface area (Å²) in [7, 11) is 1.64. The summed E-state index contributed by atoms with van der Waals surface area (Å²) in [5.74, 6) is 1.52. The van der Waals surface area contributed by atoms with Crippen LogP contribution >= 0.6 is 31.9 Å². The van der Waals surface area contributed by atoms with Crippen LogP contribution in [0.15, 0.2) is 45.5 Å². The van der Waals surface area contributed by atoms with Crippen molar-refractivity contribution in [3.63, 3.8) is 0 Å². The van der Waals surface area contributed by atoms with Gasteiger partial charge in [-0.1, -0.05) is 15.9 Å². The molecular weight excluding hydrogens is 348 g/mol. The Bertz CT molecular complexity index is 532. The molecule has 0 aliphatic carbocycles. The minimum Gasteiger partial charge on any atom is -0.495 e. The molecule has 17 heavy (non-hydrogen) atoms. The van der Waals surface area contributed by atoms with Gasteiger partial charge in [0.05, 0.1) is 17.3 Å². The summed E-state index contributed by atoms with van der Waals surface area (Å²) < 4.78 is 7.17. The van der Waals surface area contributed by atoms with Crippen LogP contribution in [0.4, 0.5) is 11.5 Å². The average molecular weight is 358 g/mol. The zero-order valence-corrected chi connectivity index (χ0v) is 12.2. The first-order valence-electron chi connectivity index (χ1n) is 4.92. The summed E-state index contributed by atoms with van der Waals surface area (Å²) in [4.78, 5) is 4.25. The normalized spacial score (nSPS) is 10.1. The fraction of sp³-hybridized carbons (Fsp3) is 0.0833. The Morgan fingerprint density at radius 1 is 1.24 bits per heavy atom. The number of nitrogens with zero attached hydrogens (tertiary/aromatic N) is 1. The lowest BCUT2D eigenvalue weighted by atomic mass is 10.3. The number of halogens is 2. The molecule has 0 atom stereocenters. The minimum absolute atomic E-state index is 0.754. The zero-order chi connectivity index (χ0) is 12.3. The van der Waals surface area contributed by atoms with Crippen LogP contribution in [0.3, 0.4) is 0 Å². The third kappa shape index (κ3) is 2.98. The Hall–Kier alpha value is -1.07. The van der Waals surface area contributed by atoms with E-state index in [1.54, 1.807) is 13.3 Å². The van der Waals surface area contributed by atoms with Crippen LogP contribution in [-0.4, -0.2) is 12.1 Å². The highest BCUT2D eigenvalue weighted by molar-refractivity contribution is 9.10. The number of methoxy groups -OCH3 is 1. The number of ether oxygens (including phenoxy) is 1. The van der Waals surface area contributed by atoms with Gasteiger partial charge in [-0.05, 0) is 46.3 Å². The average Bonchev–Trinajstić information content (AvgIpc) is 2.32. The molecule has 0 radical (unpaired) electrons. The number of pyridine rings is 1. The Labute approximate surface area is 116 Å². The highest BCUT2D eigenvalue weighted by Gasteiger charge is 2.06. The van der Waals surface area contributed by atoms with Crippen LogP contribution < -0.4 is 10.1 Å². The lowest BCUT2D eigenvalue weighted by molar-refractivity contribution is 0.416. The predicted molar refractivity (Wildman–Crippen MR) is 75.9 cm³/mol. The van der Waals surface area contributed by atoms with Crippen molar-refractivity contribution in [3.8, 4) is 5.75 Å². The van der Waals surface area contributed by atoms with Crippen LogP contribution in [-0.2, 0) is 0 Å². The molecule has 0 amide bonds. The SMILES string of the molecule is COc1ccc(Br)cc1Nc1ncccc1Br. The van der Waals surface area contributed by atoms with Gasteiger partial charge in [-0.3, -0.25) is 0 Å². The first-order chi connectivity index (χ1) is 8.20. The lowest BCUT2D eigenvalue weighted by Gasteiger charge is -2.11. The van der Waals surface area contributed by atoms with Gasteiger partial charge in [0.15, 0.2) is 0 Å². The molecular formula is C12H10Br2N2O. The number of nitrogens with one attached hydrogen (secondary N) is 1. The Balaban J connectivity index is 2.35. The van der Waals surface area contributed by atoms with Gasteiger partial charge in [0.25, 0.3) is 0 Å². The molecule has 1 N–H and O–H groups in total. The maximum atomic E-state index is 5.29. The molecule has 0 unspecified atom stereocenters. The predicted octanol–water partition coefficient (Wildman–Crippen LogP) is 4.36. The third-order valence-corrected chi connectivity index (χ3v) is 3.31. The van der Waals surface area contributed by atoms with Crippen LogP contribution in [0.2, 0.25) is 0 Å². The minimum atomic E-state index is 0.754. The number of hydrogen-bond acceptors (Lipinski definition) is 3. The van der Waals surface area contributed by atoms with Crippen LogP contribution in [0, 0.1) is 0 Å². The zero-order valence-electron chi connectivity index (χ0n) is 9.08. The van der Waals surface area contributed by atoms with Crippen molar-refractivity contribution in [1.82, 2.24) is 4.98 Å². The van der Waals surface area contributed by atoms with Gasteiger partial charge < -0.3 is 10.1 Å². The molecule has 0 saturated heterocycles. The smallest absolute Gasteiger partial charge is 0.144 e. The van der Waals surface area contributed by atoms with E-state index in [1.807, 2.05) is 30.3 Å². The molecule has 0 aliphatic heterocycles. The second-order valence-corrected chi connectivity index (χ2v) is 5.07. The molecule has 0 spiro atoms. The van der Waals surface area contributed by atoms with Crippen molar-refractivity contribution in [1.29, 1.82) is 0 Å². The molecule has 0 aliphatic rings. The Kier molecular flexibility index (Phi) is 4.02. The van der Waals surface area contributed by atoms with Gasteiger partial charge in [0.2, 0.25) is 0 Å². The monoisotopic (exact) mass is 356 g/mol. The fourth-order valence-corrected chi connectivity index (χ4v) is 2.10. The van der Waals surface area contributed by atoms with E-state index in [2.05, 4.69) is 42.2 Å². The molecule has 2 aromatic rings. The summed E-state index contributed by atoms with van der Waals surface area (Å²) in [6, 6.07) is 9.56. The summed E-state index contributed by atoms with van der Waals surface area (Å²) in [6.07, 6.45) is 1.73. The van der Waals surface area contributed by atoms with E-state index in [0.29, 0.717) is 0 Å². The van der Waals surface area contributed by atoms with Crippen molar-refractivity contribution >= 4 is 43.4 Å². The number of rotatable bonds is 3. The topological polar surface area (TPSA) is 34.1 Å². The van der Waals surface area contributed by atoms with Crippen LogP contribution in [0.1, 0.15) is 0 Å². The lowest BCUT2D eigenvalue weighted by Crippen LogP contribution is -1.97. The van der Waals surface area contributed by atoms with E-state index < -0.39 is 0 Å². The Morgan fingerprint density at radius 3 is 2.76 bits per heavy atom. The molecule has 88 valence electrons. The van der Waals surface area contributed by atoms with Gasteiger partial charge in [0, 0.05) is 10.7 Å². The molecule has 5 heteroatoms. The van der Waals surface area contributed by atoms with Gasteiger partial charge in [-0.15, -0.1) is 0 Å². The molecule has 1 aromatic heterocycles. The third-order valence-electron chi connectivity index (χ3n) is 2.17. The summed E-state index contributed by atoms with van der Waals surface area (Å²) >= 11 is 6.87. The molecule has 1 aromatic carbocycles. The number of anilines is 2. The first-order valence-corrected chi connectivity index (χ1v) is 6.50. The summed E-state index contributed by atoms with van der Waals surface area (Å²) in [5.41, 5.74) is 0.862.